The standard InChI is InChI=1S/C8H7N3.C3H5.BF4.Pd/c1-2-4-9-7(3-1)8-10-5-6-11-8;1-3-2;2-1(3,4)5;/h1-6H,(H,10,11);3H,1-2H2;;/q;;-1;+2. The predicted molar refractivity (Wildman–Crippen MR) is 67.0 cm³/mol. The minimum absolute atomic E-state index is 0. The van der Waals surface area contributed by atoms with Gasteiger partial charge < -0.3 is 22.2 Å². The second kappa shape index (κ2) is 11.6. The number of nitrogens with one attached hydrogen (secondary N) is 1. The SMILES string of the molecule is F[B-](F)(F)F.[CH2][CH][CH2].[Pd+2].c1ccc(-c2ncc[nH]2)nc1. The van der Waals surface area contributed by atoms with E-state index in [-0.39, 0.29) is 20.4 Å². The van der Waals surface area contributed by atoms with Crippen molar-refractivity contribution < 1.29 is 37.7 Å². The topological polar surface area (TPSA) is 41.6 Å². The van der Waals surface area contributed by atoms with Crippen molar-refractivity contribution in [3.05, 3.63) is 57.1 Å². The number of aromatic nitrogens is 3. The Labute approximate surface area is 129 Å². The van der Waals surface area contributed by atoms with Crippen molar-refractivity contribution in [2.75, 3.05) is 0 Å². The molecule has 0 atom stereocenters. The molecule has 2 aromatic heterocycles. The van der Waals surface area contributed by atoms with Gasteiger partial charge in [0.1, 0.15) is 5.69 Å². The Morgan fingerprint density at radius 2 is 1.60 bits per heavy atom. The normalized spacial score (nSPS) is 9.30. The molecule has 20 heavy (non-hydrogen) atoms. The van der Waals surface area contributed by atoms with Gasteiger partial charge in [0.25, 0.3) is 0 Å². The van der Waals surface area contributed by atoms with E-state index in [1.165, 1.54) is 6.42 Å². The minimum atomic E-state index is -6.00. The van der Waals surface area contributed by atoms with Gasteiger partial charge in [-0.05, 0) is 32.4 Å². The maximum absolute atomic E-state index is 9.75. The molecule has 3 radical (unpaired) electrons. The van der Waals surface area contributed by atoms with Crippen LogP contribution in [0.15, 0.2) is 36.8 Å². The number of rotatable bonds is 1. The summed E-state index contributed by atoms with van der Waals surface area (Å²) < 4.78 is 39.0. The number of aromatic amines is 1. The van der Waals surface area contributed by atoms with Crippen molar-refractivity contribution in [2.45, 2.75) is 0 Å². The van der Waals surface area contributed by atoms with Gasteiger partial charge in [0.05, 0.1) is 0 Å². The molecule has 0 fully saturated rings. The summed E-state index contributed by atoms with van der Waals surface area (Å²) >= 11 is 0. The Morgan fingerprint density at radius 3 is 1.95 bits per heavy atom. The largest absolute Gasteiger partial charge is 2.00 e. The molecule has 0 aliphatic heterocycles. The van der Waals surface area contributed by atoms with Crippen molar-refractivity contribution in [2.24, 2.45) is 0 Å². The number of hydrogen-bond acceptors (Lipinski definition) is 2. The molecule has 3 nitrogen and oxygen atoms in total. The molecule has 0 bridgehead atoms. The van der Waals surface area contributed by atoms with Crippen molar-refractivity contribution >= 4 is 7.25 Å². The second-order valence-corrected chi connectivity index (χ2v) is 2.94. The molecule has 0 aliphatic carbocycles. The maximum Gasteiger partial charge on any atom is 2.00 e. The molecule has 2 aromatic rings. The van der Waals surface area contributed by atoms with Crippen LogP contribution in [0, 0.1) is 20.3 Å². The van der Waals surface area contributed by atoms with Crippen LogP contribution in [0.2, 0.25) is 0 Å². The van der Waals surface area contributed by atoms with Gasteiger partial charge >= 0.3 is 27.7 Å². The van der Waals surface area contributed by atoms with Crippen LogP contribution in [0.1, 0.15) is 0 Å². The van der Waals surface area contributed by atoms with Crippen LogP contribution in [-0.4, -0.2) is 22.2 Å². The Morgan fingerprint density at radius 1 is 1.05 bits per heavy atom. The van der Waals surface area contributed by atoms with E-state index in [0.29, 0.717) is 0 Å². The molecule has 9 heteroatoms. The van der Waals surface area contributed by atoms with Crippen LogP contribution in [0.5, 0.6) is 0 Å². The monoisotopic (exact) mass is 379 g/mol. The summed E-state index contributed by atoms with van der Waals surface area (Å²) in [6.07, 6.45) is 6.74. The third-order valence-electron chi connectivity index (χ3n) is 1.41. The molecule has 0 spiro atoms. The summed E-state index contributed by atoms with van der Waals surface area (Å²) in [7, 11) is -6.00. The van der Waals surface area contributed by atoms with E-state index >= 15 is 0 Å². The molecule has 0 saturated carbocycles. The molecule has 0 unspecified atom stereocenters. The summed E-state index contributed by atoms with van der Waals surface area (Å²) in [6, 6.07) is 5.73. The molecule has 0 aliphatic rings. The summed E-state index contributed by atoms with van der Waals surface area (Å²) in [6.45, 7) is 6.50. The Kier molecular flexibility index (Phi) is 12.3. The van der Waals surface area contributed by atoms with Crippen molar-refractivity contribution in [3.8, 4) is 11.5 Å². The quantitative estimate of drug-likeness (QED) is 0.607. The summed E-state index contributed by atoms with van der Waals surface area (Å²) in [5, 5.41) is 0. The fourth-order valence-corrected chi connectivity index (χ4v) is 0.908. The van der Waals surface area contributed by atoms with Crippen LogP contribution in [-0.2, 0) is 20.4 Å². The first kappa shape index (κ1) is 21.1. The first-order valence-corrected chi connectivity index (χ1v) is 5.06. The molecule has 0 saturated heterocycles. The summed E-state index contributed by atoms with van der Waals surface area (Å²) in [4.78, 5) is 11.2. The van der Waals surface area contributed by atoms with Gasteiger partial charge in [-0.25, -0.2) is 4.98 Å². The zero-order valence-electron chi connectivity index (χ0n) is 10.3. The smallest absolute Gasteiger partial charge is 0.418 e. The van der Waals surface area contributed by atoms with E-state index in [1.807, 2.05) is 18.2 Å². The van der Waals surface area contributed by atoms with Gasteiger partial charge in [0.2, 0.25) is 0 Å². The molecule has 0 aromatic carbocycles. The third-order valence-corrected chi connectivity index (χ3v) is 1.41. The average Bonchev–Trinajstić information content (AvgIpc) is 2.82. The van der Waals surface area contributed by atoms with E-state index in [1.54, 1.807) is 18.6 Å². The zero-order chi connectivity index (χ0) is 14.7. The van der Waals surface area contributed by atoms with E-state index in [9.17, 15) is 17.3 Å². The Hall–Kier alpha value is -1.19. The van der Waals surface area contributed by atoms with Crippen LogP contribution >= 0.6 is 0 Å². The molecule has 111 valence electrons. The minimum Gasteiger partial charge on any atom is -0.418 e. The first-order valence-electron chi connectivity index (χ1n) is 5.06. The second-order valence-electron chi connectivity index (χ2n) is 2.94. The summed E-state index contributed by atoms with van der Waals surface area (Å²) in [5.74, 6) is 0.811. The van der Waals surface area contributed by atoms with Gasteiger partial charge in [-0.15, -0.1) is 0 Å². The van der Waals surface area contributed by atoms with E-state index < -0.39 is 7.25 Å². The Balaban J connectivity index is 0. The Bertz CT molecular complexity index is 417. The maximum atomic E-state index is 9.75. The van der Waals surface area contributed by atoms with Crippen molar-refractivity contribution in [1.82, 2.24) is 15.0 Å². The number of nitrogens with zero attached hydrogens (tertiary/aromatic N) is 2. The van der Waals surface area contributed by atoms with Crippen molar-refractivity contribution in [3.63, 3.8) is 0 Å². The van der Waals surface area contributed by atoms with Crippen molar-refractivity contribution in [1.29, 1.82) is 0 Å². The first-order chi connectivity index (χ1) is 8.88. The van der Waals surface area contributed by atoms with E-state index in [4.69, 9.17) is 0 Å². The number of hydrogen-bond donors (Lipinski definition) is 1. The van der Waals surface area contributed by atoms with E-state index in [0.717, 1.165) is 11.5 Å². The summed E-state index contributed by atoms with van der Waals surface area (Å²) in [5.41, 5.74) is 0.873. The third kappa shape index (κ3) is 13.2. The fourth-order valence-electron chi connectivity index (χ4n) is 0.908. The number of pyridine rings is 1. The average molecular weight is 379 g/mol. The predicted octanol–water partition coefficient (Wildman–Crippen LogP) is 3.63. The van der Waals surface area contributed by atoms with Gasteiger partial charge in [-0.3, -0.25) is 4.98 Å². The van der Waals surface area contributed by atoms with Gasteiger partial charge in [0, 0.05) is 18.6 Å². The van der Waals surface area contributed by atoms with Crippen LogP contribution in [0.4, 0.5) is 17.3 Å². The number of imidazole rings is 1. The van der Waals surface area contributed by atoms with Gasteiger partial charge in [0.15, 0.2) is 5.82 Å². The molecule has 0 amide bonds. The van der Waals surface area contributed by atoms with Crippen LogP contribution in [0.3, 0.4) is 0 Å². The van der Waals surface area contributed by atoms with Crippen LogP contribution in [0.25, 0.3) is 11.5 Å². The molecular weight excluding hydrogens is 367 g/mol. The van der Waals surface area contributed by atoms with E-state index in [2.05, 4.69) is 28.8 Å². The molecule has 2 heterocycles. The van der Waals surface area contributed by atoms with Gasteiger partial charge in [-0.1, -0.05) is 6.07 Å². The molecule has 2 rings (SSSR count). The molecule has 1 N–H and O–H groups in total. The number of halogens is 4. The zero-order valence-corrected chi connectivity index (χ0v) is 11.8. The fraction of sp³-hybridized carbons (Fsp3) is 0. The molecular formula is C11H12BF4N3Pd+. The van der Waals surface area contributed by atoms with Crippen LogP contribution < -0.4 is 0 Å². The number of H-pyrrole nitrogens is 1. The van der Waals surface area contributed by atoms with Gasteiger partial charge in [-0.2, -0.15) is 0 Å².